The molecule has 0 spiro atoms. The predicted molar refractivity (Wildman–Crippen MR) is 73.5 cm³/mol. The molecule has 1 N–H and O–H groups in total. The molecule has 0 aromatic carbocycles. The smallest absolute Gasteiger partial charge is 0.150 e. The van der Waals surface area contributed by atoms with Crippen molar-refractivity contribution in [2.45, 2.75) is 37.1 Å². The largest absolute Gasteiger partial charge is 0.388 e. The Hall–Kier alpha value is -0.650. The van der Waals surface area contributed by atoms with Gasteiger partial charge in [-0.2, -0.15) is 0 Å². The van der Waals surface area contributed by atoms with Gasteiger partial charge in [-0.1, -0.05) is 18.7 Å². The van der Waals surface area contributed by atoms with Gasteiger partial charge in [-0.3, -0.25) is 4.79 Å². The third kappa shape index (κ3) is 4.61. The van der Waals surface area contributed by atoms with Gasteiger partial charge in [-0.05, 0) is 24.8 Å². The van der Waals surface area contributed by atoms with Crippen LogP contribution in [-0.2, 0) is 4.79 Å². The highest BCUT2D eigenvalue weighted by molar-refractivity contribution is 8.00. The molecule has 1 heterocycles. The Morgan fingerprint density at radius 1 is 1.71 bits per heavy atom. The number of carbonyl (C=O) groups excluding carboxylic acids is 1. The summed E-state index contributed by atoms with van der Waals surface area (Å²) in [5.74, 6) is 0.0772. The fourth-order valence-corrected chi connectivity index (χ4v) is 2.51. The van der Waals surface area contributed by atoms with Crippen molar-refractivity contribution < 1.29 is 9.90 Å². The standard InChI is InChI=1S/C12H17NO2S2/c1-4-10(14)6-11(15)8(2)5-9-7-17-12(13-9)16-3/h5,7,11,15H,4,6H2,1-3H3/b8-5+/t11-/m1/s1. The van der Waals surface area contributed by atoms with E-state index in [2.05, 4.69) is 4.98 Å². The highest BCUT2D eigenvalue weighted by Gasteiger charge is 2.11. The third-order valence-electron chi connectivity index (χ3n) is 2.39. The van der Waals surface area contributed by atoms with Crippen LogP contribution in [0.5, 0.6) is 0 Å². The fraction of sp³-hybridized carbons (Fsp3) is 0.500. The van der Waals surface area contributed by atoms with Crippen molar-refractivity contribution in [1.82, 2.24) is 4.98 Å². The van der Waals surface area contributed by atoms with E-state index in [1.165, 1.54) is 0 Å². The maximum atomic E-state index is 11.2. The van der Waals surface area contributed by atoms with Gasteiger partial charge in [-0.15, -0.1) is 11.3 Å². The van der Waals surface area contributed by atoms with Gasteiger partial charge in [0.2, 0.25) is 0 Å². The van der Waals surface area contributed by atoms with Gasteiger partial charge in [0.25, 0.3) is 0 Å². The molecule has 94 valence electrons. The summed E-state index contributed by atoms with van der Waals surface area (Å²) >= 11 is 3.18. The number of hydrogen-bond donors (Lipinski definition) is 1. The zero-order valence-corrected chi connectivity index (χ0v) is 11.9. The quantitative estimate of drug-likeness (QED) is 0.808. The number of aromatic nitrogens is 1. The maximum Gasteiger partial charge on any atom is 0.150 e. The Bertz CT molecular complexity index is 412. The molecule has 1 atom stereocenters. The number of nitrogens with zero attached hydrogens (tertiary/aromatic N) is 1. The summed E-state index contributed by atoms with van der Waals surface area (Å²) in [4.78, 5) is 15.6. The normalized spacial score (nSPS) is 13.8. The van der Waals surface area contributed by atoms with Crippen LogP contribution in [0.1, 0.15) is 32.4 Å². The molecule has 0 aliphatic rings. The number of Topliss-reactive ketones (excluding diaryl/α,β-unsaturated/α-hetero) is 1. The molecule has 0 aliphatic carbocycles. The van der Waals surface area contributed by atoms with Crippen LogP contribution >= 0.6 is 23.1 Å². The van der Waals surface area contributed by atoms with Gasteiger partial charge >= 0.3 is 0 Å². The molecule has 0 fully saturated rings. The van der Waals surface area contributed by atoms with Crippen molar-refractivity contribution in [2.75, 3.05) is 6.26 Å². The summed E-state index contributed by atoms with van der Waals surface area (Å²) in [5, 5.41) is 11.8. The summed E-state index contributed by atoms with van der Waals surface area (Å²) < 4.78 is 1.00. The second-order valence-electron chi connectivity index (χ2n) is 3.74. The molecule has 0 unspecified atom stereocenters. The third-order valence-corrected chi connectivity index (χ3v) is 4.27. The molecule has 5 heteroatoms. The summed E-state index contributed by atoms with van der Waals surface area (Å²) in [6, 6.07) is 0. The van der Waals surface area contributed by atoms with Gasteiger partial charge in [0.15, 0.2) is 0 Å². The first-order valence-electron chi connectivity index (χ1n) is 5.44. The van der Waals surface area contributed by atoms with Crippen LogP contribution in [0.25, 0.3) is 6.08 Å². The van der Waals surface area contributed by atoms with Gasteiger partial charge in [-0.25, -0.2) is 4.98 Å². The average molecular weight is 271 g/mol. The van der Waals surface area contributed by atoms with Crippen LogP contribution < -0.4 is 0 Å². The molecular formula is C12H17NO2S2. The molecule has 0 saturated carbocycles. The lowest BCUT2D eigenvalue weighted by atomic mass is 10.0. The molecule has 0 bridgehead atoms. The van der Waals surface area contributed by atoms with Crippen LogP contribution in [-0.4, -0.2) is 28.2 Å². The maximum absolute atomic E-state index is 11.2. The zero-order chi connectivity index (χ0) is 12.8. The molecule has 0 amide bonds. The minimum absolute atomic E-state index is 0.0772. The highest BCUT2D eigenvalue weighted by atomic mass is 32.2. The number of ketones is 1. The van der Waals surface area contributed by atoms with E-state index >= 15 is 0 Å². The van der Waals surface area contributed by atoms with Crippen molar-refractivity contribution in [2.24, 2.45) is 0 Å². The Labute approximate surface area is 110 Å². The number of rotatable bonds is 6. The summed E-state index contributed by atoms with van der Waals surface area (Å²) in [5.41, 5.74) is 1.63. The topological polar surface area (TPSA) is 50.2 Å². The van der Waals surface area contributed by atoms with Gasteiger partial charge < -0.3 is 5.11 Å². The van der Waals surface area contributed by atoms with E-state index in [-0.39, 0.29) is 12.2 Å². The van der Waals surface area contributed by atoms with Crippen molar-refractivity contribution in [3.8, 4) is 0 Å². The second kappa shape index (κ2) is 6.93. The van der Waals surface area contributed by atoms with Gasteiger partial charge in [0, 0.05) is 18.2 Å². The van der Waals surface area contributed by atoms with E-state index in [9.17, 15) is 9.90 Å². The van der Waals surface area contributed by atoms with Crippen LogP contribution in [0.2, 0.25) is 0 Å². The van der Waals surface area contributed by atoms with Crippen molar-refractivity contribution in [3.63, 3.8) is 0 Å². The van der Waals surface area contributed by atoms with Crippen LogP contribution in [0.15, 0.2) is 15.3 Å². The predicted octanol–water partition coefficient (Wildman–Crippen LogP) is 3.00. The summed E-state index contributed by atoms with van der Waals surface area (Å²) in [6.07, 6.45) is 3.79. The lowest BCUT2D eigenvalue weighted by molar-refractivity contribution is -0.120. The zero-order valence-electron chi connectivity index (χ0n) is 10.3. The van der Waals surface area contributed by atoms with E-state index in [0.717, 1.165) is 15.6 Å². The molecule has 0 aliphatic heterocycles. The number of aliphatic hydroxyl groups is 1. The lowest BCUT2D eigenvalue weighted by Gasteiger charge is -2.09. The van der Waals surface area contributed by atoms with Crippen LogP contribution in [0.3, 0.4) is 0 Å². The molecule has 1 aromatic heterocycles. The molecule has 17 heavy (non-hydrogen) atoms. The molecule has 1 rings (SSSR count). The highest BCUT2D eigenvalue weighted by Crippen LogP contribution is 2.22. The van der Waals surface area contributed by atoms with E-state index in [0.29, 0.717) is 6.42 Å². The van der Waals surface area contributed by atoms with E-state index in [4.69, 9.17) is 0 Å². The first kappa shape index (κ1) is 14.4. The van der Waals surface area contributed by atoms with Crippen molar-refractivity contribution in [3.05, 3.63) is 16.6 Å². The van der Waals surface area contributed by atoms with Crippen molar-refractivity contribution >= 4 is 35.0 Å². The molecule has 3 nitrogen and oxygen atoms in total. The number of thiazole rings is 1. The Balaban J connectivity index is 2.67. The van der Waals surface area contributed by atoms with Gasteiger partial charge in [0.05, 0.1) is 11.8 Å². The van der Waals surface area contributed by atoms with Crippen molar-refractivity contribution in [1.29, 1.82) is 0 Å². The number of aliphatic hydroxyl groups excluding tert-OH is 1. The first-order chi connectivity index (χ1) is 8.06. The first-order valence-corrected chi connectivity index (χ1v) is 7.54. The molecule has 1 aromatic rings. The van der Waals surface area contributed by atoms with E-state index in [1.54, 1.807) is 30.0 Å². The molecule has 0 saturated heterocycles. The Morgan fingerprint density at radius 2 is 2.41 bits per heavy atom. The minimum Gasteiger partial charge on any atom is -0.388 e. The Morgan fingerprint density at radius 3 is 2.94 bits per heavy atom. The number of hydrogen-bond acceptors (Lipinski definition) is 5. The summed E-state index contributed by atoms with van der Waals surface area (Å²) in [6.45, 7) is 3.63. The minimum atomic E-state index is -0.693. The number of thioether (sulfide) groups is 1. The van der Waals surface area contributed by atoms with Crippen LogP contribution in [0, 0.1) is 0 Å². The van der Waals surface area contributed by atoms with Crippen LogP contribution in [0.4, 0.5) is 0 Å². The van der Waals surface area contributed by atoms with Gasteiger partial charge in [0.1, 0.15) is 10.1 Å². The monoisotopic (exact) mass is 271 g/mol. The number of carbonyl (C=O) groups is 1. The lowest BCUT2D eigenvalue weighted by Crippen LogP contribution is -2.13. The summed E-state index contributed by atoms with van der Waals surface area (Å²) in [7, 11) is 0. The fourth-order valence-electron chi connectivity index (χ4n) is 1.28. The Kier molecular flexibility index (Phi) is 5.88. The van der Waals surface area contributed by atoms with E-state index in [1.807, 2.05) is 24.6 Å². The van der Waals surface area contributed by atoms with E-state index < -0.39 is 6.10 Å². The second-order valence-corrected chi connectivity index (χ2v) is 5.65. The molecular weight excluding hydrogens is 254 g/mol. The molecule has 0 radical (unpaired) electrons. The average Bonchev–Trinajstić information content (AvgIpc) is 2.76. The SMILES string of the molecule is CCC(=O)C[C@@H](O)/C(C)=C/c1csc(SC)n1.